The smallest absolute Gasteiger partial charge is 0.328 e. The normalized spacial score (nSPS) is 26.1. The lowest BCUT2D eigenvalue weighted by molar-refractivity contribution is -0.138. The lowest BCUT2D eigenvalue weighted by Gasteiger charge is -2.43. The molecule has 0 bridgehead atoms. The van der Waals surface area contributed by atoms with Crippen LogP contribution < -0.4 is 10.2 Å². The highest BCUT2D eigenvalue weighted by Crippen LogP contribution is 2.33. The van der Waals surface area contributed by atoms with Gasteiger partial charge < -0.3 is 9.80 Å². The summed E-state index contributed by atoms with van der Waals surface area (Å²) in [6, 6.07) is 17.7. The Balaban J connectivity index is 1.37. The molecule has 0 aliphatic carbocycles. The molecule has 2 aromatic rings. The maximum atomic E-state index is 13.5. The zero-order valence-corrected chi connectivity index (χ0v) is 18.5. The van der Waals surface area contributed by atoms with E-state index in [0.717, 1.165) is 30.8 Å². The van der Waals surface area contributed by atoms with Crippen molar-refractivity contribution in [1.82, 2.24) is 20.0 Å². The number of amides is 3. The van der Waals surface area contributed by atoms with E-state index in [2.05, 4.69) is 46.3 Å². The number of hydrogen-bond acceptors (Lipinski definition) is 5. The molecule has 32 heavy (non-hydrogen) atoms. The fraction of sp³-hybridized carbons (Fsp3) is 0.360. The minimum absolute atomic E-state index is 0.111. The summed E-state index contributed by atoms with van der Waals surface area (Å²) >= 11 is 0. The van der Waals surface area contributed by atoms with E-state index in [4.69, 9.17) is 0 Å². The summed E-state index contributed by atoms with van der Waals surface area (Å²) in [5.74, 6) is -0.128. The van der Waals surface area contributed by atoms with Crippen LogP contribution in [0.2, 0.25) is 0 Å². The fourth-order valence-corrected chi connectivity index (χ4v) is 4.95. The van der Waals surface area contributed by atoms with Crippen LogP contribution in [0.15, 0.2) is 60.7 Å². The third kappa shape index (κ3) is 3.57. The molecule has 0 radical (unpaired) electrons. The molecule has 3 unspecified atom stereocenters. The topological polar surface area (TPSA) is 59.1 Å². The zero-order chi connectivity index (χ0) is 22.2. The molecule has 3 atom stereocenters. The first kappa shape index (κ1) is 20.7. The van der Waals surface area contributed by atoms with Gasteiger partial charge in [0.1, 0.15) is 18.5 Å². The Morgan fingerprint density at radius 1 is 1.03 bits per heavy atom. The maximum Gasteiger partial charge on any atom is 0.328 e. The number of likely N-dealkylation sites (N-methyl/N-ethyl adjacent to an activating group) is 1. The van der Waals surface area contributed by atoms with Crippen molar-refractivity contribution in [1.29, 1.82) is 0 Å². The highest BCUT2D eigenvalue weighted by atomic mass is 16.2. The van der Waals surface area contributed by atoms with E-state index in [0.29, 0.717) is 0 Å². The number of aryl methyl sites for hydroxylation is 1. The molecule has 3 fully saturated rings. The first-order valence-electron chi connectivity index (χ1n) is 11.2. The quantitative estimate of drug-likeness (QED) is 0.807. The minimum Gasteiger partial charge on any atom is -0.343 e. The van der Waals surface area contributed by atoms with E-state index in [1.807, 2.05) is 42.5 Å². The van der Waals surface area contributed by atoms with Crippen LogP contribution in [0.1, 0.15) is 17.5 Å². The Morgan fingerprint density at radius 2 is 1.78 bits per heavy atom. The zero-order valence-electron chi connectivity index (χ0n) is 18.5. The van der Waals surface area contributed by atoms with Crippen LogP contribution in [0.25, 0.3) is 6.08 Å². The van der Waals surface area contributed by atoms with Crippen molar-refractivity contribution < 1.29 is 9.59 Å². The highest BCUT2D eigenvalue weighted by molar-refractivity contribution is 6.00. The van der Waals surface area contributed by atoms with Gasteiger partial charge in [0.25, 0.3) is 5.91 Å². The van der Waals surface area contributed by atoms with Gasteiger partial charge in [-0.1, -0.05) is 60.2 Å². The van der Waals surface area contributed by atoms with Crippen molar-refractivity contribution in [3.8, 4) is 0 Å². The van der Waals surface area contributed by atoms with E-state index in [-0.39, 0.29) is 37.0 Å². The number of imide groups is 1. The van der Waals surface area contributed by atoms with Gasteiger partial charge in [0.2, 0.25) is 0 Å². The largest absolute Gasteiger partial charge is 0.343 e. The molecule has 3 aliphatic rings. The van der Waals surface area contributed by atoms with Crippen molar-refractivity contribution in [3.63, 3.8) is 0 Å². The molecule has 0 aromatic heterocycles. The third-order valence-electron chi connectivity index (χ3n) is 6.63. The van der Waals surface area contributed by atoms with Gasteiger partial charge in [-0.15, -0.1) is 0 Å². The standard InChI is InChI=1S/C25H29N5O2/c1-18-11-13-20(14-12-18)28-16-7-17-29-21-22(26-24(28)29)27(2)25(32)30(23(21)31)15-6-10-19-8-4-3-5-9-19/h3-6,8-14,21-22,24,26H,7,15-17H2,1-2H3/b10-6+. The SMILES string of the molecule is Cc1ccc(N2CCCN3C4C(=O)N(C/C=C/c5ccccc5)C(=O)N(C)C4NC23)cc1. The molecule has 1 N–H and O–H groups in total. The number of nitrogens with one attached hydrogen (secondary N) is 1. The molecule has 7 heteroatoms. The summed E-state index contributed by atoms with van der Waals surface area (Å²) in [7, 11) is 1.78. The van der Waals surface area contributed by atoms with Crippen molar-refractivity contribution >= 4 is 23.7 Å². The summed E-state index contributed by atoms with van der Waals surface area (Å²) in [4.78, 5) is 34.1. The van der Waals surface area contributed by atoms with E-state index < -0.39 is 0 Å². The van der Waals surface area contributed by atoms with Crippen molar-refractivity contribution in [2.75, 3.05) is 31.6 Å². The molecule has 3 aliphatic heterocycles. The lowest BCUT2D eigenvalue weighted by atomic mass is 10.1. The van der Waals surface area contributed by atoms with Crippen LogP contribution in [0.3, 0.4) is 0 Å². The van der Waals surface area contributed by atoms with Crippen LogP contribution in [0, 0.1) is 6.92 Å². The highest BCUT2D eigenvalue weighted by Gasteiger charge is 2.55. The molecule has 7 nitrogen and oxygen atoms in total. The van der Waals surface area contributed by atoms with Gasteiger partial charge >= 0.3 is 6.03 Å². The molecule has 3 amide bonds. The average Bonchev–Trinajstić information content (AvgIpc) is 3.21. The number of benzene rings is 2. The van der Waals surface area contributed by atoms with E-state index in [1.165, 1.54) is 10.5 Å². The summed E-state index contributed by atoms with van der Waals surface area (Å²) in [5.41, 5.74) is 3.39. The number of rotatable bonds is 4. The maximum absolute atomic E-state index is 13.5. The molecule has 3 heterocycles. The summed E-state index contributed by atoms with van der Waals surface area (Å²) in [6.45, 7) is 4.07. The number of urea groups is 1. The number of hydrogen-bond donors (Lipinski definition) is 1. The van der Waals surface area contributed by atoms with E-state index >= 15 is 0 Å². The number of nitrogens with zero attached hydrogens (tertiary/aromatic N) is 4. The van der Waals surface area contributed by atoms with E-state index in [9.17, 15) is 9.59 Å². The van der Waals surface area contributed by atoms with Crippen molar-refractivity contribution in [2.45, 2.75) is 31.8 Å². The second kappa shape index (κ2) is 8.41. The Kier molecular flexibility index (Phi) is 5.45. The van der Waals surface area contributed by atoms with Crippen LogP contribution in [-0.2, 0) is 4.79 Å². The van der Waals surface area contributed by atoms with Crippen molar-refractivity contribution in [2.24, 2.45) is 0 Å². The predicted octanol–water partition coefficient (Wildman–Crippen LogP) is 2.70. The molecule has 5 rings (SSSR count). The molecule has 2 aromatic carbocycles. The Morgan fingerprint density at radius 3 is 2.53 bits per heavy atom. The van der Waals surface area contributed by atoms with Gasteiger partial charge in [0.15, 0.2) is 0 Å². The molecule has 0 spiro atoms. The Labute approximate surface area is 188 Å². The Hall–Kier alpha value is -3.16. The van der Waals surface area contributed by atoms with E-state index in [1.54, 1.807) is 11.9 Å². The third-order valence-corrected chi connectivity index (χ3v) is 6.63. The Bertz CT molecular complexity index is 1020. The fourth-order valence-electron chi connectivity index (χ4n) is 4.95. The summed E-state index contributed by atoms with van der Waals surface area (Å²) in [6.07, 6.45) is 4.35. The first-order chi connectivity index (χ1) is 15.5. The van der Waals surface area contributed by atoms with Crippen LogP contribution in [-0.4, -0.2) is 71.8 Å². The van der Waals surface area contributed by atoms with Crippen LogP contribution >= 0.6 is 0 Å². The van der Waals surface area contributed by atoms with Crippen molar-refractivity contribution in [3.05, 3.63) is 71.8 Å². The second-order valence-corrected chi connectivity index (χ2v) is 8.71. The van der Waals surface area contributed by atoms with Gasteiger partial charge in [-0.2, -0.15) is 0 Å². The lowest BCUT2D eigenvalue weighted by Crippen LogP contribution is -2.66. The number of carbonyl (C=O) groups excluding carboxylic acids is 2. The molecular weight excluding hydrogens is 402 g/mol. The molecular formula is C25H29N5O2. The predicted molar refractivity (Wildman–Crippen MR) is 125 cm³/mol. The molecule has 166 valence electrons. The number of anilines is 1. The summed E-state index contributed by atoms with van der Waals surface area (Å²) in [5, 5.41) is 3.56. The molecule has 0 saturated carbocycles. The molecule has 3 saturated heterocycles. The van der Waals surface area contributed by atoms with Gasteiger partial charge in [-0.05, 0) is 31.0 Å². The minimum atomic E-state index is -0.388. The van der Waals surface area contributed by atoms with Gasteiger partial charge in [-0.25, -0.2) is 4.79 Å². The van der Waals surface area contributed by atoms with Gasteiger partial charge in [0, 0.05) is 32.4 Å². The number of fused-ring (bicyclic) bond motifs is 3. The van der Waals surface area contributed by atoms with Gasteiger partial charge in [-0.3, -0.25) is 19.9 Å². The first-order valence-corrected chi connectivity index (χ1v) is 11.2. The van der Waals surface area contributed by atoms with Gasteiger partial charge in [0.05, 0.1) is 0 Å². The second-order valence-electron chi connectivity index (χ2n) is 8.71. The summed E-state index contributed by atoms with van der Waals surface area (Å²) < 4.78 is 0. The van der Waals surface area contributed by atoms with Crippen LogP contribution in [0.4, 0.5) is 10.5 Å². The number of carbonyl (C=O) groups is 2. The average molecular weight is 432 g/mol. The monoisotopic (exact) mass is 431 g/mol. The van der Waals surface area contributed by atoms with Crippen LogP contribution in [0.5, 0.6) is 0 Å².